The maximum absolute atomic E-state index is 10.1. The highest BCUT2D eigenvalue weighted by molar-refractivity contribution is 5.36. The predicted molar refractivity (Wildman–Crippen MR) is 98.3 cm³/mol. The lowest BCUT2D eigenvalue weighted by Crippen LogP contribution is -2.28. The summed E-state index contributed by atoms with van der Waals surface area (Å²) in [6.07, 6.45) is 10.4. The highest BCUT2D eigenvalue weighted by Crippen LogP contribution is 2.37. The number of hydrogen-bond donors (Lipinski definition) is 2. The third-order valence-electron chi connectivity index (χ3n) is 4.22. The molecule has 1 fully saturated rings. The lowest BCUT2D eigenvalue weighted by Gasteiger charge is -2.21. The maximum atomic E-state index is 10.1. The van der Waals surface area contributed by atoms with Crippen molar-refractivity contribution in [3.8, 4) is 0 Å². The molecule has 1 saturated carbocycles. The summed E-state index contributed by atoms with van der Waals surface area (Å²) in [5, 5.41) is 25.8. The second-order valence-corrected chi connectivity index (χ2v) is 6.65. The van der Waals surface area contributed by atoms with Crippen LogP contribution in [0.5, 0.6) is 0 Å². The molecule has 0 saturated heterocycles. The summed E-state index contributed by atoms with van der Waals surface area (Å²) >= 11 is 0. The lowest BCUT2D eigenvalue weighted by molar-refractivity contribution is 0.399. The number of nitrogens with one attached hydrogen (secondary N) is 1. The first kappa shape index (κ1) is 18.1. The first-order chi connectivity index (χ1) is 12.6. The van der Waals surface area contributed by atoms with Crippen LogP contribution in [0.2, 0.25) is 0 Å². The van der Waals surface area contributed by atoms with E-state index in [1.54, 1.807) is 12.5 Å². The van der Waals surface area contributed by atoms with Crippen LogP contribution in [-0.2, 0) is 6.54 Å². The molecule has 0 radical (unpaired) electrons. The molecule has 8 heteroatoms. The molecule has 26 heavy (non-hydrogen) atoms. The van der Waals surface area contributed by atoms with Gasteiger partial charge in [-0.15, -0.1) is 5.10 Å². The summed E-state index contributed by atoms with van der Waals surface area (Å²) in [6, 6.07) is -0.00382. The van der Waals surface area contributed by atoms with Gasteiger partial charge in [-0.05, 0) is 43.2 Å². The van der Waals surface area contributed by atoms with Gasteiger partial charge in [-0.1, -0.05) is 24.8 Å². The predicted octanol–water partition coefficient (Wildman–Crippen LogP) is 2.50. The summed E-state index contributed by atoms with van der Waals surface area (Å²) in [5.74, 6) is 0.684. The Balaban J connectivity index is 1.77. The zero-order valence-corrected chi connectivity index (χ0v) is 15.0. The van der Waals surface area contributed by atoms with Crippen molar-refractivity contribution in [1.82, 2.24) is 35.1 Å². The fourth-order valence-corrected chi connectivity index (χ4v) is 2.84. The molecule has 8 nitrogen and oxygen atoms in total. The molecule has 2 heterocycles. The number of aromatic nitrogens is 6. The minimum Gasteiger partial charge on any atom is -0.508 e. The van der Waals surface area contributed by atoms with E-state index in [0.717, 1.165) is 37.9 Å². The molecule has 1 aliphatic rings. The molecule has 1 unspecified atom stereocenters. The first-order valence-electron chi connectivity index (χ1n) is 8.78. The number of hydrogen-bond acceptors (Lipinski definition) is 6. The lowest BCUT2D eigenvalue weighted by atomic mass is 10.0. The zero-order valence-electron chi connectivity index (χ0n) is 15.0. The molecular weight excluding hydrogens is 330 g/mol. The van der Waals surface area contributed by atoms with E-state index in [9.17, 15) is 5.11 Å². The largest absolute Gasteiger partial charge is 0.508 e. The molecule has 2 aromatic heterocycles. The molecule has 1 atom stereocenters. The van der Waals surface area contributed by atoms with Crippen LogP contribution in [0.1, 0.15) is 44.1 Å². The minimum absolute atomic E-state index is 0.00884. The van der Waals surface area contributed by atoms with Gasteiger partial charge in [0.25, 0.3) is 0 Å². The van der Waals surface area contributed by atoms with Crippen LogP contribution in [0.15, 0.2) is 54.9 Å². The van der Waals surface area contributed by atoms with Gasteiger partial charge in [0, 0.05) is 24.5 Å². The van der Waals surface area contributed by atoms with E-state index in [2.05, 4.69) is 39.0 Å². The van der Waals surface area contributed by atoms with Gasteiger partial charge >= 0.3 is 0 Å². The van der Waals surface area contributed by atoms with Crippen LogP contribution in [0.25, 0.3) is 0 Å². The summed E-state index contributed by atoms with van der Waals surface area (Å²) in [7, 11) is 0. The van der Waals surface area contributed by atoms with Crippen LogP contribution in [0, 0.1) is 0 Å². The number of imidazole rings is 1. The Bertz CT molecular complexity index is 786. The van der Waals surface area contributed by atoms with Crippen molar-refractivity contribution in [2.45, 2.75) is 44.8 Å². The van der Waals surface area contributed by atoms with E-state index < -0.39 is 0 Å². The van der Waals surface area contributed by atoms with Crippen molar-refractivity contribution < 1.29 is 5.11 Å². The zero-order chi connectivity index (χ0) is 18.5. The summed E-state index contributed by atoms with van der Waals surface area (Å²) in [5.41, 5.74) is 1.46. The monoisotopic (exact) mass is 355 g/mol. The molecule has 3 rings (SSSR count). The molecule has 0 bridgehead atoms. The van der Waals surface area contributed by atoms with Crippen molar-refractivity contribution in [2.24, 2.45) is 0 Å². The number of nitrogens with zero attached hydrogens (tertiary/aromatic N) is 6. The second-order valence-electron chi connectivity index (χ2n) is 6.65. The molecule has 2 N–H and O–H groups in total. The van der Waals surface area contributed by atoms with E-state index in [0.29, 0.717) is 17.4 Å². The van der Waals surface area contributed by atoms with E-state index in [4.69, 9.17) is 0 Å². The van der Waals surface area contributed by atoms with Gasteiger partial charge in [0.1, 0.15) is 5.76 Å². The fraction of sp³-hybridized carbons (Fsp3) is 0.444. The highest BCUT2D eigenvalue weighted by atomic mass is 16.3. The summed E-state index contributed by atoms with van der Waals surface area (Å²) in [4.78, 5) is 4.05. The smallest absolute Gasteiger partial charge is 0.173 e. The Morgan fingerprint density at radius 2 is 2.27 bits per heavy atom. The van der Waals surface area contributed by atoms with Crippen LogP contribution < -0.4 is 5.32 Å². The summed E-state index contributed by atoms with van der Waals surface area (Å²) < 4.78 is 3.88. The Hall–Kier alpha value is -2.74. The van der Waals surface area contributed by atoms with Crippen molar-refractivity contribution in [3.63, 3.8) is 0 Å². The molecule has 138 valence electrons. The Kier molecular flexibility index (Phi) is 5.62. The van der Waals surface area contributed by atoms with Crippen molar-refractivity contribution in [3.05, 3.63) is 60.7 Å². The van der Waals surface area contributed by atoms with Gasteiger partial charge in [0.15, 0.2) is 5.82 Å². The summed E-state index contributed by atoms with van der Waals surface area (Å²) in [6.45, 7) is 11.1. The van der Waals surface area contributed by atoms with Crippen molar-refractivity contribution >= 4 is 0 Å². The van der Waals surface area contributed by atoms with Crippen LogP contribution in [0.3, 0.4) is 0 Å². The van der Waals surface area contributed by atoms with Crippen molar-refractivity contribution in [2.75, 3.05) is 6.54 Å². The third-order valence-corrected chi connectivity index (χ3v) is 4.22. The number of aryl methyl sites for hydroxylation is 1. The van der Waals surface area contributed by atoms with Gasteiger partial charge < -0.3 is 15.0 Å². The Morgan fingerprint density at radius 3 is 2.88 bits per heavy atom. The molecule has 1 aliphatic carbocycles. The number of aliphatic hydroxyl groups is 1. The standard InChI is InChI=1S/C18H25N7O/c1-13(2)11-16(14(3)26)17(18-21-22-23-25(18)15-5-6-15)20-7-4-9-24-10-8-19-12-24/h8,10-12,15,17,20,26H,1,3-7,9H2,2H3/b16-11+. The number of tetrazole rings is 1. The molecular formula is C18H25N7O. The van der Waals surface area contributed by atoms with Gasteiger partial charge in [0.2, 0.25) is 0 Å². The van der Waals surface area contributed by atoms with Crippen molar-refractivity contribution in [1.29, 1.82) is 0 Å². The molecule has 0 aliphatic heterocycles. The average molecular weight is 355 g/mol. The SMILES string of the molecule is C=C(C)/C=C(\C(=C)O)C(NCCCn1ccnc1)c1nnnn1C1CC1. The van der Waals surface area contributed by atoms with Crippen LogP contribution in [0.4, 0.5) is 0 Å². The molecule has 2 aromatic rings. The first-order valence-corrected chi connectivity index (χ1v) is 8.78. The van der Waals surface area contributed by atoms with Gasteiger partial charge in [-0.2, -0.15) is 0 Å². The Morgan fingerprint density at radius 1 is 1.46 bits per heavy atom. The maximum Gasteiger partial charge on any atom is 0.173 e. The number of rotatable bonds is 10. The fourth-order valence-electron chi connectivity index (χ4n) is 2.84. The van der Waals surface area contributed by atoms with E-state index in [1.807, 2.05) is 28.4 Å². The minimum atomic E-state index is -0.345. The van der Waals surface area contributed by atoms with Gasteiger partial charge in [-0.25, -0.2) is 9.67 Å². The molecule has 0 spiro atoms. The van der Waals surface area contributed by atoms with E-state index in [1.165, 1.54) is 0 Å². The van der Waals surface area contributed by atoms with Gasteiger partial charge in [-0.3, -0.25) is 0 Å². The number of aliphatic hydroxyl groups excluding tert-OH is 1. The van der Waals surface area contributed by atoms with Crippen LogP contribution in [-0.4, -0.2) is 41.4 Å². The topological polar surface area (TPSA) is 93.7 Å². The average Bonchev–Trinajstić information content (AvgIpc) is 3.09. The van der Waals surface area contributed by atoms with E-state index >= 15 is 0 Å². The van der Waals surface area contributed by atoms with Crippen LogP contribution >= 0.6 is 0 Å². The number of allylic oxidation sites excluding steroid dienone is 2. The Labute approximate surface area is 152 Å². The second kappa shape index (κ2) is 8.09. The molecule has 0 amide bonds. The quantitative estimate of drug-likeness (QED) is 0.386. The normalized spacial score (nSPS) is 15.8. The molecule has 0 aromatic carbocycles. The third kappa shape index (κ3) is 4.45. The van der Waals surface area contributed by atoms with E-state index in [-0.39, 0.29) is 11.8 Å². The van der Waals surface area contributed by atoms with Gasteiger partial charge in [0.05, 0.1) is 18.4 Å². The highest BCUT2D eigenvalue weighted by Gasteiger charge is 2.32.